The number of hydrogen-bond acceptors (Lipinski definition) is 8. The van der Waals surface area contributed by atoms with Gasteiger partial charge in [0.1, 0.15) is 17.1 Å². The first-order valence-corrected chi connectivity index (χ1v) is 13.0. The van der Waals surface area contributed by atoms with E-state index in [0.717, 1.165) is 6.92 Å². The SMILES string of the molecule is CN.Cc1c(F)c(N)cc(-c2nc(OC(CC3(C)CCN3)C(F)F)c(C=O)c(NCc3ccn(C)n3)c2F)c1C(F)(F)F. The number of aryl methyl sites for hydroxylation is 1. The van der Waals surface area contributed by atoms with E-state index in [4.69, 9.17) is 10.5 Å². The lowest BCUT2D eigenvalue weighted by atomic mass is 9.84. The standard InChI is InChI=1S/C26H27F7N6O2.CH5N/c1-12-18(26(31,32)33)14(8-16(34)19(12)27)22-20(28)21(35-10-13-4-7-39(3)38-13)15(11-40)24(37-22)41-17(23(29)30)9-25(2)5-6-36-25;1-2/h4,7-8,11,17,23,36H,5-6,9-10,34H2,1-3H3,(H,35,37);2H2,1H3. The molecule has 43 heavy (non-hydrogen) atoms. The summed E-state index contributed by atoms with van der Waals surface area (Å²) in [5.74, 6) is -3.63. The van der Waals surface area contributed by atoms with E-state index < -0.39 is 81.1 Å². The molecule has 2 atom stereocenters. The molecule has 1 aromatic carbocycles. The number of pyridine rings is 1. The number of benzene rings is 1. The van der Waals surface area contributed by atoms with Crippen LogP contribution in [-0.2, 0) is 19.8 Å². The minimum atomic E-state index is -5.19. The highest BCUT2D eigenvalue weighted by molar-refractivity contribution is 5.90. The molecule has 1 aliphatic rings. The summed E-state index contributed by atoms with van der Waals surface area (Å²) >= 11 is 0. The summed E-state index contributed by atoms with van der Waals surface area (Å²) in [6.45, 7) is 2.86. The van der Waals surface area contributed by atoms with Gasteiger partial charge in [-0.2, -0.15) is 18.3 Å². The van der Waals surface area contributed by atoms with Gasteiger partial charge >= 0.3 is 6.18 Å². The number of aldehydes is 1. The lowest BCUT2D eigenvalue weighted by molar-refractivity contribution is -0.137. The first-order chi connectivity index (χ1) is 20.1. The summed E-state index contributed by atoms with van der Waals surface area (Å²) in [4.78, 5) is 15.9. The third-order valence-corrected chi connectivity index (χ3v) is 6.96. The zero-order valence-corrected chi connectivity index (χ0v) is 23.8. The monoisotopic (exact) mass is 619 g/mol. The second-order valence-corrected chi connectivity index (χ2v) is 10.1. The molecule has 1 fully saturated rings. The van der Waals surface area contributed by atoms with Gasteiger partial charge < -0.3 is 26.8 Å². The van der Waals surface area contributed by atoms with E-state index in [2.05, 4.69) is 26.4 Å². The van der Waals surface area contributed by atoms with Crippen molar-refractivity contribution in [3.63, 3.8) is 0 Å². The Hall–Kier alpha value is -3.92. The first kappa shape index (κ1) is 33.6. The molecule has 0 bridgehead atoms. The molecular formula is C27H32F7N7O2. The molecule has 1 aliphatic heterocycles. The Morgan fingerprint density at radius 1 is 1.26 bits per heavy atom. The number of hydrogen-bond donors (Lipinski definition) is 4. The van der Waals surface area contributed by atoms with Crippen LogP contribution in [0, 0.1) is 18.6 Å². The second kappa shape index (κ2) is 13.2. The number of alkyl halides is 5. The summed E-state index contributed by atoms with van der Waals surface area (Å²) in [7, 11) is 3.11. The van der Waals surface area contributed by atoms with Crippen LogP contribution in [0.1, 0.15) is 46.9 Å². The molecule has 236 valence electrons. The van der Waals surface area contributed by atoms with Gasteiger partial charge in [-0.3, -0.25) is 9.48 Å². The summed E-state index contributed by atoms with van der Waals surface area (Å²) in [6, 6.07) is 2.10. The molecule has 0 amide bonds. The largest absolute Gasteiger partial charge is 0.468 e. The number of nitrogens with one attached hydrogen (secondary N) is 2. The molecule has 16 heteroatoms. The fourth-order valence-corrected chi connectivity index (χ4v) is 4.71. The molecule has 0 spiro atoms. The van der Waals surface area contributed by atoms with Crippen molar-refractivity contribution in [3.8, 4) is 17.1 Å². The minimum absolute atomic E-state index is 0.0940. The van der Waals surface area contributed by atoms with E-state index in [0.29, 0.717) is 24.7 Å². The van der Waals surface area contributed by atoms with Crippen LogP contribution in [0.3, 0.4) is 0 Å². The van der Waals surface area contributed by atoms with Gasteiger partial charge in [0.25, 0.3) is 6.43 Å². The predicted molar refractivity (Wildman–Crippen MR) is 146 cm³/mol. The molecule has 4 rings (SSSR count). The topological polar surface area (TPSA) is 133 Å². The third kappa shape index (κ3) is 7.18. The molecule has 2 aromatic heterocycles. The number of nitrogen functional groups attached to an aromatic ring is 1. The van der Waals surface area contributed by atoms with Crippen LogP contribution in [-0.4, -0.2) is 52.7 Å². The van der Waals surface area contributed by atoms with E-state index in [-0.39, 0.29) is 19.3 Å². The van der Waals surface area contributed by atoms with Gasteiger partial charge in [-0.05, 0) is 51.6 Å². The van der Waals surface area contributed by atoms with Gasteiger partial charge in [-0.25, -0.2) is 22.5 Å². The maximum atomic E-state index is 16.0. The van der Waals surface area contributed by atoms with Crippen LogP contribution in [0.2, 0.25) is 0 Å². The Morgan fingerprint density at radius 3 is 2.40 bits per heavy atom. The lowest BCUT2D eigenvalue weighted by Crippen LogP contribution is -2.57. The van der Waals surface area contributed by atoms with Crippen molar-refractivity contribution < 1.29 is 40.3 Å². The third-order valence-electron chi connectivity index (χ3n) is 6.96. The number of carbonyl (C=O) groups excluding carboxylic acids is 1. The number of rotatable bonds is 10. The van der Waals surface area contributed by atoms with E-state index in [1.54, 1.807) is 26.2 Å². The van der Waals surface area contributed by atoms with Gasteiger partial charge in [0.15, 0.2) is 18.2 Å². The highest BCUT2D eigenvalue weighted by atomic mass is 19.4. The van der Waals surface area contributed by atoms with Gasteiger partial charge in [-0.15, -0.1) is 0 Å². The van der Waals surface area contributed by atoms with Crippen LogP contribution in [0.15, 0.2) is 18.3 Å². The molecule has 3 heterocycles. The van der Waals surface area contributed by atoms with Gasteiger partial charge in [0.05, 0.1) is 29.2 Å². The second-order valence-electron chi connectivity index (χ2n) is 10.1. The zero-order valence-electron chi connectivity index (χ0n) is 23.8. The number of nitrogens with zero attached hydrogens (tertiary/aromatic N) is 3. The molecule has 1 saturated heterocycles. The average molecular weight is 620 g/mol. The fraction of sp³-hybridized carbons (Fsp3) is 0.444. The zero-order chi connectivity index (χ0) is 32.3. The van der Waals surface area contributed by atoms with Crippen molar-refractivity contribution in [1.82, 2.24) is 20.1 Å². The first-order valence-electron chi connectivity index (χ1n) is 13.0. The Labute approximate surface area is 242 Å². The molecule has 0 radical (unpaired) electrons. The molecular weight excluding hydrogens is 587 g/mol. The Balaban J connectivity index is 0.00000248. The molecule has 0 aliphatic carbocycles. The number of carbonyl (C=O) groups is 1. The maximum absolute atomic E-state index is 16.0. The van der Waals surface area contributed by atoms with Crippen molar-refractivity contribution in [1.29, 1.82) is 0 Å². The smallest absolute Gasteiger partial charge is 0.417 e. The number of halogens is 7. The average Bonchev–Trinajstić information content (AvgIpc) is 3.34. The van der Waals surface area contributed by atoms with Crippen molar-refractivity contribution in [2.24, 2.45) is 12.8 Å². The highest BCUT2D eigenvalue weighted by Crippen LogP contribution is 2.44. The Bertz CT molecular complexity index is 1460. The number of aromatic nitrogens is 3. The summed E-state index contributed by atoms with van der Waals surface area (Å²) in [5.41, 5.74) is 3.20. The molecule has 9 nitrogen and oxygen atoms in total. The molecule has 6 N–H and O–H groups in total. The highest BCUT2D eigenvalue weighted by Gasteiger charge is 2.41. The van der Waals surface area contributed by atoms with Crippen LogP contribution in [0.5, 0.6) is 5.88 Å². The maximum Gasteiger partial charge on any atom is 0.417 e. The number of ether oxygens (including phenoxy) is 1. The van der Waals surface area contributed by atoms with E-state index in [1.165, 1.54) is 11.7 Å². The number of anilines is 2. The van der Waals surface area contributed by atoms with Gasteiger partial charge in [-0.1, -0.05) is 0 Å². The van der Waals surface area contributed by atoms with Crippen molar-refractivity contribution in [2.45, 2.75) is 57.5 Å². The van der Waals surface area contributed by atoms with E-state index in [9.17, 15) is 31.1 Å². The van der Waals surface area contributed by atoms with Crippen molar-refractivity contribution >= 4 is 17.7 Å². The van der Waals surface area contributed by atoms with Gasteiger partial charge in [0, 0.05) is 30.8 Å². The molecule has 2 unspecified atom stereocenters. The summed E-state index contributed by atoms with van der Waals surface area (Å²) in [6.07, 6.45) is -8.18. The van der Waals surface area contributed by atoms with E-state index in [1.807, 2.05) is 0 Å². The lowest BCUT2D eigenvalue weighted by Gasteiger charge is -2.42. The summed E-state index contributed by atoms with van der Waals surface area (Å²) < 4.78 is 108. The van der Waals surface area contributed by atoms with Crippen LogP contribution in [0.25, 0.3) is 11.3 Å². The van der Waals surface area contributed by atoms with Gasteiger partial charge in [0.2, 0.25) is 5.88 Å². The van der Waals surface area contributed by atoms with E-state index >= 15 is 4.39 Å². The quantitative estimate of drug-likeness (QED) is 0.144. The van der Waals surface area contributed by atoms with Crippen molar-refractivity contribution in [2.75, 3.05) is 24.6 Å². The van der Waals surface area contributed by atoms with Crippen molar-refractivity contribution in [3.05, 3.63) is 52.3 Å². The van der Waals surface area contributed by atoms with Crippen LogP contribution < -0.4 is 26.8 Å². The molecule has 3 aromatic rings. The predicted octanol–water partition coefficient (Wildman–Crippen LogP) is 4.82. The minimum Gasteiger partial charge on any atom is -0.468 e. The fourth-order valence-electron chi connectivity index (χ4n) is 4.71. The molecule has 0 saturated carbocycles. The normalized spacial score (nSPS) is 17.1. The van der Waals surface area contributed by atoms with Crippen LogP contribution >= 0.6 is 0 Å². The Kier molecular flexibility index (Phi) is 10.3. The van der Waals surface area contributed by atoms with Crippen LogP contribution in [0.4, 0.5) is 42.1 Å². The number of nitrogens with two attached hydrogens (primary N) is 2. The Morgan fingerprint density at radius 2 is 1.91 bits per heavy atom. The summed E-state index contributed by atoms with van der Waals surface area (Å²) in [5, 5.41) is 9.70.